The Morgan fingerprint density at radius 1 is 1.26 bits per heavy atom. The molecule has 4 heteroatoms. The Labute approximate surface area is 116 Å². The zero-order chi connectivity index (χ0) is 14.1. The number of ether oxygens (including phenoxy) is 1. The van der Waals surface area contributed by atoms with Gasteiger partial charge < -0.3 is 4.74 Å². The van der Waals surface area contributed by atoms with Crippen molar-refractivity contribution in [2.45, 2.75) is 70.8 Å². The summed E-state index contributed by atoms with van der Waals surface area (Å²) in [7, 11) is 1.54. The fraction of sp³-hybridized carbons (Fsp3) is 0.867. The Kier molecular flexibility index (Phi) is 7.72. The van der Waals surface area contributed by atoms with Gasteiger partial charge in [0.1, 0.15) is 6.10 Å². The lowest BCUT2D eigenvalue weighted by Crippen LogP contribution is -2.42. The van der Waals surface area contributed by atoms with Crippen LogP contribution in [0, 0.1) is 0 Å². The van der Waals surface area contributed by atoms with Gasteiger partial charge in [-0.3, -0.25) is 14.5 Å². The van der Waals surface area contributed by atoms with E-state index in [1.807, 2.05) is 0 Å². The highest BCUT2D eigenvalue weighted by atomic mass is 16.5. The van der Waals surface area contributed by atoms with Crippen molar-refractivity contribution in [1.82, 2.24) is 4.90 Å². The van der Waals surface area contributed by atoms with Crippen LogP contribution in [0.2, 0.25) is 0 Å². The third-order valence-corrected chi connectivity index (χ3v) is 3.72. The van der Waals surface area contributed by atoms with Gasteiger partial charge in [-0.05, 0) is 25.7 Å². The molecule has 0 saturated carbocycles. The lowest BCUT2D eigenvalue weighted by molar-refractivity contribution is -0.151. The Hall–Kier alpha value is -0.900. The van der Waals surface area contributed by atoms with Crippen molar-refractivity contribution in [3.05, 3.63) is 0 Å². The van der Waals surface area contributed by atoms with Crippen LogP contribution in [0.3, 0.4) is 0 Å². The second kappa shape index (κ2) is 9.08. The summed E-state index contributed by atoms with van der Waals surface area (Å²) in [6.45, 7) is 2.73. The first-order chi connectivity index (χ1) is 9.20. The molecule has 19 heavy (non-hydrogen) atoms. The van der Waals surface area contributed by atoms with Crippen molar-refractivity contribution in [1.29, 1.82) is 0 Å². The Bertz CT molecular complexity index is 291. The summed E-state index contributed by atoms with van der Waals surface area (Å²) >= 11 is 0. The number of unbranched alkanes of at least 4 members (excludes halogenated alkanes) is 4. The molecule has 0 aromatic carbocycles. The number of likely N-dealkylation sites (tertiary alicyclic amines) is 1. The monoisotopic (exact) mass is 269 g/mol. The van der Waals surface area contributed by atoms with E-state index in [0.717, 1.165) is 32.1 Å². The summed E-state index contributed by atoms with van der Waals surface area (Å²) in [6.07, 6.45) is 8.22. The zero-order valence-electron chi connectivity index (χ0n) is 12.3. The molecule has 1 heterocycles. The summed E-state index contributed by atoms with van der Waals surface area (Å²) in [4.78, 5) is 25.7. The maximum absolute atomic E-state index is 12.1. The molecule has 0 aromatic heterocycles. The minimum Gasteiger partial charge on any atom is -0.372 e. The lowest BCUT2D eigenvalue weighted by atomic mass is 10.1. The topological polar surface area (TPSA) is 46.6 Å². The van der Waals surface area contributed by atoms with Crippen molar-refractivity contribution in [2.75, 3.05) is 13.7 Å². The average molecular weight is 269 g/mol. The van der Waals surface area contributed by atoms with Gasteiger partial charge in [0.15, 0.2) is 0 Å². The minimum absolute atomic E-state index is 0.0227. The predicted octanol–water partition coefficient (Wildman–Crippen LogP) is 2.90. The first-order valence-electron chi connectivity index (χ1n) is 7.57. The molecule has 0 radical (unpaired) electrons. The van der Waals surface area contributed by atoms with Gasteiger partial charge in [-0.2, -0.15) is 0 Å². The Balaban J connectivity index is 2.38. The van der Waals surface area contributed by atoms with Crippen LogP contribution in [-0.4, -0.2) is 36.5 Å². The van der Waals surface area contributed by atoms with Crippen LogP contribution in [0.15, 0.2) is 0 Å². The standard InChI is InChI=1S/C15H27NO3/c1-3-4-5-6-7-11-14(17)16-12-9-8-10-13(19-2)15(16)18/h13H,3-12H2,1-2H3. The molecule has 0 bridgehead atoms. The molecule has 1 atom stereocenters. The van der Waals surface area contributed by atoms with Gasteiger partial charge in [0.25, 0.3) is 5.91 Å². The molecule has 0 spiro atoms. The second-order valence-corrected chi connectivity index (χ2v) is 5.27. The predicted molar refractivity (Wildman–Crippen MR) is 74.7 cm³/mol. The van der Waals surface area contributed by atoms with Gasteiger partial charge in [0.05, 0.1) is 0 Å². The molecule has 1 unspecified atom stereocenters. The number of nitrogens with zero attached hydrogens (tertiary/aromatic N) is 1. The zero-order valence-corrected chi connectivity index (χ0v) is 12.3. The largest absolute Gasteiger partial charge is 0.372 e. The molecule has 1 saturated heterocycles. The molecule has 1 fully saturated rings. The summed E-state index contributed by atoms with van der Waals surface area (Å²) in [5.74, 6) is -0.163. The molecule has 0 aliphatic carbocycles. The molecule has 4 nitrogen and oxygen atoms in total. The highest BCUT2D eigenvalue weighted by Crippen LogP contribution is 2.16. The molecule has 1 aliphatic rings. The molecule has 1 rings (SSSR count). The molecule has 1 aliphatic heterocycles. The smallest absolute Gasteiger partial charge is 0.258 e. The Morgan fingerprint density at radius 2 is 2.00 bits per heavy atom. The molecule has 0 N–H and O–H groups in total. The van der Waals surface area contributed by atoms with Crippen molar-refractivity contribution >= 4 is 11.8 Å². The van der Waals surface area contributed by atoms with E-state index in [4.69, 9.17) is 4.74 Å². The van der Waals surface area contributed by atoms with Gasteiger partial charge in [-0.25, -0.2) is 0 Å². The molecular formula is C15H27NO3. The van der Waals surface area contributed by atoms with Crippen LogP contribution < -0.4 is 0 Å². The lowest BCUT2D eigenvalue weighted by Gasteiger charge is -2.21. The number of carbonyl (C=O) groups excluding carboxylic acids is 2. The van der Waals surface area contributed by atoms with Crippen molar-refractivity contribution in [3.63, 3.8) is 0 Å². The third-order valence-electron chi connectivity index (χ3n) is 3.72. The summed E-state index contributed by atoms with van der Waals surface area (Å²) < 4.78 is 5.18. The molecule has 0 aromatic rings. The molecule has 110 valence electrons. The first-order valence-corrected chi connectivity index (χ1v) is 7.57. The number of hydrogen-bond acceptors (Lipinski definition) is 3. The number of carbonyl (C=O) groups is 2. The van der Waals surface area contributed by atoms with Crippen LogP contribution in [0.4, 0.5) is 0 Å². The maximum atomic E-state index is 12.1. The summed E-state index contributed by atoms with van der Waals surface area (Å²) in [5.41, 5.74) is 0. The van der Waals surface area contributed by atoms with Crippen LogP contribution >= 0.6 is 0 Å². The molecular weight excluding hydrogens is 242 g/mol. The SMILES string of the molecule is CCCCCCCC(=O)N1CCCCC(OC)C1=O. The number of amides is 2. The van der Waals surface area contributed by atoms with Gasteiger partial charge in [0, 0.05) is 20.1 Å². The number of imide groups is 1. The second-order valence-electron chi connectivity index (χ2n) is 5.27. The quantitative estimate of drug-likeness (QED) is 0.668. The van der Waals surface area contributed by atoms with Crippen molar-refractivity contribution in [3.8, 4) is 0 Å². The summed E-state index contributed by atoms with van der Waals surface area (Å²) in [6, 6.07) is 0. The van der Waals surface area contributed by atoms with Crippen LogP contribution in [-0.2, 0) is 14.3 Å². The van der Waals surface area contributed by atoms with E-state index >= 15 is 0 Å². The van der Waals surface area contributed by atoms with Gasteiger partial charge in [-0.1, -0.05) is 32.6 Å². The van der Waals surface area contributed by atoms with Crippen LogP contribution in [0.1, 0.15) is 64.7 Å². The highest BCUT2D eigenvalue weighted by Gasteiger charge is 2.30. The fourth-order valence-electron chi connectivity index (χ4n) is 2.49. The van der Waals surface area contributed by atoms with Crippen LogP contribution in [0.25, 0.3) is 0 Å². The summed E-state index contributed by atoms with van der Waals surface area (Å²) in [5, 5.41) is 0. The average Bonchev–Trinajstić information content (AvgIpc) is 2.60. The van der Waals surface area contributed by atoms with E-state index < -0.39 is 6.10 Å². The van der Waals surface area contributed by atoms with Crippen molar-refractivity contribution in [2.24, 2.45) is 0 Å². The molecule has 2 amide bonds. The van der Waals surface area contributed by atoms with Crippen molar-refractivity contribution < 1.29 is 14.3 Å². The van der Waals surface area contributed by atoms with E-state index in [1.165, 1.54) is 24.2 Å². The van der Waals surface area contributed by atoms with E-state index in [-0.39, 0.29) is 11.8 Å². The van der Waals surface area contributed by atoms with E-state index in [0.29, 0.717) is 13.0 Å². The van der Waals surface area contributed by atoms with Gasteiger partial charge in [-0.15, -0.1) is 0 Å². The third kappa shape index (κ3) is 5.31. The number of methoxy groups -OCH3 is 1. The maximum Gasteiger partial charge on any atom is 0.258 e. The fourth-order valence-corrected chi connectivity index (χ4v) is 2.49. The normalized spacial score (nSPS) is 20.4. The van der Waals surface area contributed by atoms with Gasteiger partial charge in [0.2, 0.25) is 5.91 Å². The highest BCUT2D eigenvalue weighted by molar-refractivity contribution is 5.97. The van der Waals surface area contributed by atoms with E-state index in [2.05, 4.69) is 6.92 Å². The first kappa shape index (κ1) is 16.2. The number of hydrogen-bond donors (Lipinski definition) is 0. The minimum atomic E-state index is -0.424. The van der Waals surface area contributed by atoms with E-state index in [9.17, 15) is 9.59 Å². The van der Waals surface area contributed by atoms with Crippen LogP contribution in [0.5, 0.6) is 0 Å². The van der Waals surface area contributed by atoms with E-state index in [1.54, 1.807) is 7.11 Å². The Morgan fingerprint density at radius 3 is 2.68 bits per heavy atom. The van der Waals surface area contributed by atoms with Gasteiger partial charge >= 0.3 is 0 Å². The number of rotatable bonds is 7.